The van der Waals surface area contributed by atoms with Crippen molar-refractivity contribution in [2.45, 2.75) is 6.42 Å². The molecule has 76 valence electrons. The summed E-state index contributed by atoms with van der Waals surface area (Å²) in [7, 11) is 0. The fourth-order valence-electron chi connectivity index (χ4n) is 0.947. The SMILES string of the molecule is NC(=O)CCNc1c(N)cncc1Br. The standard InChI is InChI=1S/C8H11BrN4O/c9-5-3-12-4-6(10)8(5)13-2-1-7(11)14/h3-4H,1-2,10H2,(H2,11,14)(H,12,13). The van der Waals surface area contributed by atoms with Gasteiger partial charge in [-0.05, 0) is 15.9 Å². The number of halogens is 1. The molecule has 0 atom stereocenters. The van der Waals surface area contributed by atoms with Crippen molar-refractivity contribution >= 4 is 33.2 Å². The van der Waals surface area contributed by atoms with Gasteiger partial charge in [-0.25, -0.2) is 0 Å². The highest BCUT2D eigenvalue weighted by Crippen LogP contribution is 2.26. The van der Waals surface area contributed by atoms with Gasteiger partial charge in [-0.1, -0.05) is 0 Å². The van der Waals surface area contributed by atoms with E-state index in [9.17, 15) is 4.79 Å². The number of carbonyl (C=O) groups is 1. The highest BCUT2D eigenvalue weighted by molar-refractivity contribution is 9.10. The van der Waals surface area contributed by atoms with Crippen LogP contribution in [0.5, 0.6) is 0 Å². The van der Waals surface area contributed by atoms with Crippen molar-refractivity contribution in [3.05, 3.63) is 16.9 Å². The molecule has 1 heterocycles. The quantitative estimate of drug-likeness (QED) is 0.742. The number of primary amides is 1. The van der Waals surface area contributed by atoms with Crippen LogP contribution in [0.15, 0.2) is 16.9 Å². The lowest BCUT2D eigenvalue weighted by atomic mass is 10.3. The minimum atomic E-state index is -0.346. The average molecular weight is 259 g/mol. The Labute approximate surface area is 90.0 Å². The Kier molecular flexibility index (Phi) is 3.70. The van der Waals surface area contributed by atoms with E-state index in [0.717, 1.165) is 10.2 Å². The summed E-state index contributed by atoms with van der Waals surface area (Å²) in [6.07, 6.45) is 3.44. The predicted octanol–water partition coefficient (Wildman–Crippen LogP) is 0.714. The normalized spacial score (nSPS) is 9.79. The van der Waals surface area contributed by atoms with Crippen molar-refractivity contribution < 1.29 is 4.79 Å². The Bertz CT molecular complexity index is 322. The predicted molar refractivity (Wildman–Crippen MR) is 58.7 cm³/mol. The van der Waals surface area contributed by atoms with Gasteiger partial charge in [0.05, 0.1) is 22.0 Å². The molecule has 0 saturated heterocycles. The topological polar surface area (TPSA) is 94.0 Å². The first-order valence-electron chi connectivity index (χ1n) is 4.02. The molecule has 0 radical (unpaired) electrons. The number of carbonyl (C=O) groups excluding carboxylic acids is 1. The van der Waals surface area contributed by atoms with Crippen LogP contribution >= 0.6 is 15.9 Å². The van der Waals surface area contributed by atoms with Crippen LogP contribution in [-0.4, -0.2) is 17.4 Å². The largest absolute Gasteiger partial charge is 0.396 e. The Morgan fingerprint density at radius 2 is 2.29 bits per heavy atom. The highest BCUT2D eigenvalue weighted by Gasteiger charge is 2.03. The molecule has 14 heavy (non-hydrogen) atoms. The molecule has 1 aromatic rings. The second kappa shape index (κ2) is 4.80. The number of nitrogens with one attached hydrogen (secondary N) is 1. The molecule has 5 nitrogen and oxygen atoms in total. The van der Waals surface area contributed by atoms with E-state index in [4.69, 9.17) is 11.5 Å². The lowest BCUT2D eigenvalue weighted by Gasteiger charge is -2.09. The first-order chi connectivity index (χ1) is 6.61. The maximum atomic E-state index is 10.5. The van der Waals surface area contributed by atoms with Crippen LogP contribution in [0.3, 0.4) is 0 Å². The third-order valence-corrected chi connectivity index (χ3v) is 2.20. The van der Waals surface area contributed by atoms with E-state index in [1.807, 2.05) is 0 Å². The molecule has 1 rings (SSSR count). The number of aromatic nitrogens is 1. The Morgan fingerprint density at radius 1 is 1.57 bits per heavy atom. The van der Waals surface area contributed by atoms with Crippen molar-refractivity contribution in [1.29, 1.82) is 0 Å². The van der Waals surface area contributed by atoms with Crippen LogP contribution in [0.2, 0.25) is 0 Å². The van der Waals surface area contributed by atoms with E-state index >= 15 is 0 Å². The summed E-state index contributed by atoms with van der Waals surface area (Å²) in [6.45, 7) is 0.460. The number of anilines is 2. The number of nitrogens with two attached hydrogens (primary N) is 2. The molecule has 6 heteroatoms. The molecule has 0 saturated carbocycles. The molecule has 0 aromatic carbocycles. The maximum absolute atomic E-state index is 10.5. The summed E-state index contributed by atoms with van der Waals surface area (Å²) in [5.74, 6) is -0.346. The number of hydrogen-bond acceptors (Lipinski definition) is 4. The summed E-state index contributed by atoms with van der Waals surface area (Å²) in [6, 6.07) is 0. The van der Waals surface area contributed by atoms with Gasteiger partial charge in [0.1, 0.15) is 0 Å². The molecule has 0 aliphatic rings. The summed E-state index contributed by atoms with van der Waals surface area (Å²) in [5.41, 5.74) is 11.9. The van der Waals surface area contributed by atoms with Crippen LogP contribution < -0.4 is 16.8 Å². The van der Waals surface area contributed by atoms with Crippen molar-refractivity contribution in [1.82, 2.24) is 4.98 Å². The fourth-order valence-corrected chi connectivity index (χ4v) is 1.43. The lowest BCUT2D eigenvalue weighted by Crippen LogP contribution is -2.16. The van der Waals surface area contributed by atoms with Gasteiger partial charge in [0.25, 0.3) is 0 Å². The third kappa shape index (κ3) is 2.88. The van der Waals surface area contributed by atoms with Crippen LogP contribution in [0, 0.1) is 0 Å². The molecular formula is C8H11BrN4O. The van der Waals surface area contributed by atoms with Crippen LogP contribution in [0.4, 0.5) is 11.4 Å². The zero-order valence-electron chi connectivity index (χ0n) is 7.46. The van der Waals surface area contributed by atoms with Crippen LogP contribution in [0.1, 0.15) is 6.42 Å². The molecule has 1 amide bonds. The van der Waals surface area contributed by atoms with Gasteiger partial charge >= 0.3 is 0 Å². The number of amides is 1. The number of nitrogen functional groups attached to an aromatic ring is 1. The Balaban J connectivity index is 2.62. The molecule has 0 fully saturated rings. The lowest BCUT2D eigenvalue weighted by molar-refractivity contribution is -0.117. The number of pyridine rings is 1. The van der Waals surface area contributed by atoms with Crippen molar-refractivity contribution in [3.63, 3.8) is 0 Å². The molecule has 5 N–H and O–H groups in total. The van der Waals surface area contributed by atoms with Crippen molar-refractivity contribution in [3.8, 4) is 0 Å². The average Bonchev–Trinajstić information content (AvgIpc) is 2.09. The molecular weight excluding hydrogens is 248 g/mol. The van der Waals surface area contributed by atoms with Gasteiger partial charge in [0.2, 0.25) is 5.91 Å². The van der Waals surface area contributed by atoms with E-state index in [1.165, 1.54) is 6.20 Å². The van der Waals surface area contributed by atoms with E-state index in [0.29, 0.717) is 12.2 Å². The molecule has 0 unspecified atom stereocenters. The summed E-state index contributed by atoms with van der Waals surface area (Å²) >= 11 is 3.29. The fraction of sp³-hybridized carbons (Fsp3) is 0.250. The highest BCUT2D eigenvalue weighted by atomic mass is 79.9. The van der Waals surface area contributed by atoms with Gasteiger partial charge in [0.15, 0.2) is 0 Å². The van der Waals surface area contributed by atoms with E-state index in [-0.39, 0.29) is 12.3 Å². The minimum absolute atomic E-state index is 0.272. The van der Waals surface area contributed by atoms with Gasteiger partial charge < -0.3 is 16.8 Å². The maximum Gasteiger partial charge on any atom is 0.219 e. The first kappa shape index (κ1) is 10.8. The Hall–Kier alpha value is -1.30. The summed E-state index contributed by atoms with van der Waals surface area (Å²) < 4.78 is 0.766. The number of hydrogen-bond donors (Lipinski definition) is 3. The van der Waals surface area contributed by atoms with Crippen LogP contribution in [0.25, 0.3) is 0 Å². The smallest absolute Gasteiger partial charge is 0.219 e. The molecule has 0 aliphatic carbocycles. The number of rotatable bonds is 4. The number of nitrogens with zero attached hydrogens (tertiary/aromatic N) is 1. The van der Waals surface area contributed by atoms with Gasteiger partial charge in [0, 0.05) is 19.2 Å². The van der Waals surface area contributed by atoms with E-state index < -0.39 is 0 Å². The second-order valence-corrected chi connectivity index (χ2v) is 3.58. The minimum Gasteiger partial charge on any atom is -0.396 e. The summed E-state index contributed by atoms with van der Waals surface area (Å²) in [5, 5.41) is 3.00. The van der Waals surface area contributed by atoms with Crippen LogP contribution in [-0.2, 0) is 4.79 Å². The Morgan fingerprint density at radius 3 is 2.86 bits per heavy atom. The van der Waals surface area contributed by atoms with E-state index in [2.05, 4.69) is 26.2 Å². The first-order valence-corrected chi connectivity index (χ1v) is 4.81. The van der Waals surface area contributed by atoms with Crippen molar-refractivity contribution in [2.24, 2.45) is 5.73 Å². The van der Waals surface area contributed by atoms with Gasteiger partial charge in [-0.2, -0.15) is 0 Å². The molecule has 1 aromatic heterocycles. The van der Waals surface area contributed by atoms with Gasteiger partial charge in [-0.3, -0.25) is 9.78 Å². The third-order valence-electron chi connectivity index (χ3n) is 1.60. The molecule has 0 aliphatic heterocycles. The van der Waals surface area contributed by atoms with Gasteiger partial charge in [-0.15, -0.1) is 0 Å². The second-order valence-electron chi connectivity index (χ2n) is 2.73. The zero-order chi connectivity index (χ0) is 10.6. The van der Waals surface area contributed by atoms with E-state index in [1.54, 1.807) is 6.20 Å². The molecule has 0 spiro atoms. The molecule has 0 bridgehead atoms. The van der Waals surface area contributed by atoms with Crippen molar-refractivity contribution in [2.75, 3.05) is 17.6 Å². The summed E-state index contributed by atoms with van der Waals surface area (Å²) in [4.78, 5) is 14.4. The zero-order valence-corrected chi connectivity index (χ0v) is 9.04. The monoisotopic (exact) mass is 258 g/mol.